The molecule has 25 heavy (non-hydrogen) atoms. The van der Waals surface area contributed by atoms with E-state index in [0.717, 1.165) is 55.5 Å². The molecule has 1 aromatic heterocycles. The van der Waals surface area contributed by atoms with Crippen LogP contribution in [0.5, 0.6) is 0 Å². The van der Waals surface area contributed by atoms with Crippen LogP contribution in [0.3, 0.4) is 0 Å². The van der Waals surface area contributed by atoms with E-state index in [4.69, 9.17) is 0 Å². The Kier molecular flexibility index (Phi) is 9.58. The average Bonchev–Trinajstić information content (AvgIpc) is 2.54. The van der Waals surface area contributed by atoms with Gasteiger partial charge in [0, 0.05) is 0 Å². The number of rotatable bonds is 11. The zero-order valence-electron chi connectivity index (χ0n) is 17.1. The molecule has 0 unspecified atom stereocenters. The third-order valence-corrected chi connectivity index (χ3v) is 22.3. The van der Waals surface area contributed by atoms with Gasteiger partial charge in [-0.3, -0.25) is 0 Å². The van der Waals surface area contributed by atoms with Gasteiger partial charge in [0.25, 0.3) is 0 Å². The zero-order valence-corrected chi connectivity index (χ0v) is 21.0. The molecule has 0 atom stereocenters. The summed E-state index contributed by atoms with van der Waals surface area (Å²) in [4.78, 5) is 4.45. The molecule has 1 heterocycles. The van der Waals surface area contributed by atoms with Crippen molar-refractivity contribution in [2.24, 2.45) is 0 Å². The second-order valence-electron chi connectivity index (χ2n) is 8.48. The molecule has 144 valence electrons. The second-order valence-corrected chi connectivity index (χ2v) is 26.4. The molecule has 0 aliphatic rings. The molecule has 1 aromatic rings. The number of pyridine rings is 1. The standard InChI is InChI=1S/C8H10F2NSi.3C4H9.Sn/c1-12(2,3)8-6(9)4-11-5-7(8)10;3*1-3-4-2;/h4H,1-3H3;3*1,3-4H2,2H3;. The summed E-state index contributed by atoms with van der Waals surface area (Å²) in [6.45, 7) is 12.7. The fourth-order valence-corrected chi connectivity index (χ4v) is 21.4. The average molecular weight is 476 g/mol. The van der Waals surface area contributed by atoms with E-state index in [1.165, 1.54) is 6.20 Å². The molecule has 1 rings (SSSR count). The third kappa shape index (κ3) is 6.01. The van der Waals surface area contributed by atoms with Gasteiger partial charge in [-0.2, -0.15) is 0 Å². The summed E-state index contributed by atoms with van der Waals surface area (Å²) in [5.41, 5.74) is 0. The van der Waals surface area contributed by atoms with Gasteiger partial charge in [-0.05, 0) is 0 Å². The molecule has 0 radical (unpaired) electrons. The van der Waals surface area contributed by atoms with Gasteiger partial charge in [0.15, 0.2) is 0 Å². The minimum absolute atomic E-state index is 0.252. The molecule has 0 spiro atoms. The van der Waals surface area contributed by atoms with Crippen LogP contribution in [0, 0.1) is 11.6 Å². The Balaban J connectivity index is 3.50. The first-order valence-electron chi connectivity index (χ1n) is 10.1. The Labute approximate surface area is 158 Å². The molecular formula is C20H37F2NSiSn. The van der Waals surface area contributed by atoms with E-state index in [1.54, 1.807) is 0 Å². The summed E-state index contributed by atoms with van der Waals surface area (Å²) < 4.78 is 34.2. The van der Waals surface area contributed by atoms with Crippen molar-refractivity contribution >= 4 is 35.3 Å². The summed E-state index contributed by atoms with van der Waals surface area (Å²) in [7, 11) is -2.08. The van der Waals surface area contributed by atoms with Crippen LogP contribution in [0.25, 0.3) is 0 Å². The second kappa shape index (κ2) is 10.4. The van der Waals surface area contributed by atoms with Crippen molar-refractivity contribution in [3.8, 4) is 0 Å². The summed E-state index contributed by atoms with van der Waals surface area (Å²) >= 11 is -2.96. The molecule has 0 saturated carbocycles. The Hall–Kier alpha value is 0.0256. The number of halogens is 2. The molecule has 0 N–H and O–H groups in total. The van der Waals surface area contributed by atoms with E-state index in [-0.39, 0.29) is 5.82 Å². The van der Waals surface area contributed by atoms with E-state index in [0.29, 0.717) is 5.19 Å². The summed E-state index contributed by atoms with van der Waals surface area (Å²) in [5.74, 6) is -0.680. The van der Waals surface area contributed by atoms with Gasteiger partial charge in [-0.1, -0.05) is 0 Å². The maximum absolute atomic E-state index is 15.6. The monoisotopic (exact) mass is 477 g/mol. The summed E-state index contributed by atoms with van der Waals surface area (Å²) in [6, 6.07) is 0. The van der Waals surface area contributed by atoms with Gasteiger partial charge in [-0.15, -0.1) is 0 Å². The van der Waals surface area contributed by atoms with E-state index in [9.17, 15) is 4.39 Å². The van der Waals surface area contributed by atoms with Crippen molar-refractivity contribution < 1.29 is 8.78 Å². The Bertz CT molecular complexity index is 521. The number of nitrogens with zero attached hydrogens (tertiary/aromatic N) is 1. The molecule has 0 aromatic carbocycles. The normalized spacial score (nSPS) is 12.6. The quantitative estimate of drug-likeness (QED) is 0.359. The van der Waals surface area contributed by atoms with Crippen LogP contribution in [0.2, 0.25) is 33.0 Å². The maximum atomic E-state index is 15.6. The molecule has 0 amide bonds. The van der Waals surface area contributed by atoms with Gasteiger partial charge in [0.1, 0.15) is 0 Å². The Morgan fingerprint density at radius 3 is 1.68 bits per heavy atom. The van der Waals surface area contributed by atoms with Crippen LogP contribution >= 0.6 is 0 Å². The predicted molar refractivity (Wildman–Crippen MR) is 112 cm³/mol. The fraction of sp³-hybridized carbons (Fsp3) is 0.750. The minimum atomic E-state index is -2.96. The van der Waals surface area contributed by atoms with Crippen LogP contribution < -0.4 is 8.90 Å². The number of aromatic nitrogens is 1. The molecule has 5 heteroatoms. The van der Waals surface area contributed by atoms with Crippen LogP contribution in [-0.4, -0.2) is 31.4 Å². The first kappa shape index (κ1) is 23.1. The van der Waals surface area contributed by atoms with Gasteiger partial charge < -0.3 is 0 Å². The summed E-state index contributed by atoms with van der Waals surface area (Å²) in [6.07, 6.45) is 8.22. The third-order valence-electron chi connectivity index (χ3n) is 5.25. The van der Waals surface area contributed by atoms with Gasteiger partial charge in [-0.25, -0.2) is 0 Å². The molecule has 1 nitrogen and oxygen atoms in total. The van der Waals surface area contributed by atoms with E-state index < -0.39 is 32.3 Å². The first-order chi connectivity index (χ1) is 11.7. The van der Waals surface area contributed by atoms with Crippen LogP contribution in [0.4, 0.5) is 8.78 Å². The molecular weight excluding hydrogens is 439 g/mol. The van der Waals surface area contributed by atoms with Gasteiger partial charge in [0.05, 0.1) is 0 Å². The summed E-state index contributed by atoms with van der Waals surface area (Å²) in [5, 5.41) is 0.378. The topological polar surface area (TPSA) is 12.9 Å². The van der Waals surface area contributed by atoms with Gasteiger partial charge in [0.2, 0.25) is 0 Å². The fourth-order valence-electron chi connectivity index (χ4n) is 3.80. The molecule has 0 aliphatic heterocycles. The van der Waals surface area contributed by atoms with Crippen molar-refractivity contribution in [1.29, 1.82) is 0 Å². The number of unbranched alkanes of at least 4 members (excludes halogenated alkanes) is 3. The van der Waals surface area contributed by atoms with Crippen molar-refractivity contribution in [1.82, 2.24) is 4.98 Å². The Morgan fingerprint density at radius 2 is 1.32 bits per heavy atom. The van der Waals surface area contributed by atoms with Gasteiger partial charge >= 0.3 is 159 Å². The first-order valence-corrected chi connectivity index (χ1v) is 21.1. The van der Waals surface area contributed by atoms with Crippen LogP contribution in [-0.2, 0) is 0 Å². The van der Waals surface area contributed by atoms with Crippen molar-refractivity contribution in [3.63, 3.8) is 0 Å². The molecule has 0 bridgehead atoms. The number of hydrogen-bond donors (Lipinski definition) is 0. The van der Waals surface area contributed by atoms with Crippen molar-refractivity contribution in [2.75, 3.05) is 0 Å². The molecule has 0 fully saturated rings. The van der Waals surface area contributed by atoms with Crippen molar-refractivity contribution in [2.45, 2.75) is 92.2 Å². The van der Waals surface area contributed by atoms with E-state index in [2.05, 4.69) is 25.8 Å². The Morgan fingerprint density at radius 1 is 0.880 bits per heavy atom. The SMILES string of the molecule is CCC[CH2][Sn]([CH2]CCC)([CH2]CCC)[c]1ncc(F)c([Si](C)(C)C)c1F. The van der Waals surface area contributed by atoms with Crippen LogP contribution in [0.15, 0.2) is 6.20 Å². The van der Waals surface area contributed by atoms with Crippen molar-refractivity contribution in [3.05, 3.63) is 17.8 Å². The number of hydrogen-bond acceptors (Lipinski definition) is 1. The molecule has 0 saturated heterocycles. The molecule has 0 aliphatic carbocycles. The zero-order chi connectivity index (χ0) is 19.1. The van der Waals surface area contributed by atoms with Crippen LogP contribution in [0.1, 0.15) is 59.3 Å². The van der Waals surface area contributed by atoms with E-state index >= 15 is 4.39 Å². The predicted octanol–water partition coefficient (Wildman–Crippen LogP) is 5.96. The van der Waals surface area contributed by atoms with E-state index in [1.807, 2.05) is 19.6 Å².